The molecule has 0 radical (unpaired) electrons. The number of hydrogen-bond acceptors (Lipinski definition) is 4. The molecule has 2 rings (SSSR count). The second kappa shape index (κ2) is 6.97. The van der Waals surface area contributed by atoms with Crippen LogP contribution < -0.4 is 0 Å². The Morgan fingerprint density at radius 1 is 1.45 bits per heavy atom. The van der Waals surface area contributed by atoms with Crippen molar-refractivity contribution >= 4 is 40.9 Å². The number of thioether (sulfide) groups is 1. The minimum atomic E-state index is -0.0255. The summed E-state index contributed by atoms with van der Waals surface area (Å²) >= 11 is 13.3. The van der Waals surface area contributed by atoms with Crippen LogP contribution >= 0.6 is 35.0 Å². The van der Waals surface area contributed by atoms with E-state index in [4.69, 9.17) is 23.2 Å². The summed E-state index contributed by atoms with van der Waals surface area (Å²) in [6.45, 7) is 0.392. The van der Waals surface area contributed by atoms with E-state index >= 15 is 0 Å². The second-order valence-electron chi connectivity index (χ2n) is 4.05. The van der Waals surface area contributed by atoms with E-state index in [1.807, 2.05) is 0 Å². The number of carbonyl (C=O) groups is 1. The lowest BCUT2D eigenvalue weighted by molar-refractivity contribution is -0.127. The maximum Gasteiger partial charge on any atom is 0.233 e. The minimum absolute atomic E-state index is 0.0255. The predicted octanol–water partition coefficient (Wildman–Crippen LogP) is 2.86. The first kappa shape index (κ1) is 15.2. The highest BCUT2D eigenvalue weighted by Gasteiger charge is 2.12. The first-order chi connectivity index (χ1) is 9.56. The largest absolute Gasteiger partial charge is 0.338 e. The molecule has 0 fully saturated rings. The van der Waals surface area contributed by atoms with Gasteiger partial charge in [-0.25, -0.2) is 4.98 Å². The van der Waals surface area contributed by atoms with Gasteiger partial charge < -0.3 is 4.90 Å². The van der Waals surface area contributed by atoms with Gasteiger partial charge in [-0.05, 0) is 18.2 Å². The number of aromatic amines is 1. The van der Waals surface area contributed by atoms with Gasteiger partial charge in [-0.1, -0.05) is 23.2 Å². The van der Waals surface area contributed by atoms with Gasteiger partial charge in [0.2, 0.25) is 5.91 Å². The molecule has 2 aromatic rings. The Kier molecular flexibility index (Phi) is 5.28. The molecule has 1 aromatic heterocycles. The molecule has 1 amide bonds. The average molecular weight is 331 g/mol. The van der Waals surface area contributed by atoms with Crippen molar-refractivity contribution in [3.63, 3.8) is 0 Å². The van der Waals surface area contributed by atoms with Crippen LogP contribution in [0.2, 0.25) is 10.0 Å². The molecule has 8 heteroatoms. The third kappa shape index (κ3) is 4.13. The first-order valence-corrected chi connectivity index (χ1v) is 7.46. The molecular weight excluding hydrogens is 319 g/mol. The molecule has 0 aliphatic rings. The SMILES string of the molecule is CN(Cc1ncn[nH]1)C(=O)CSc1cc(Cl)ccc1Cl. The molecular formula is C12H12Cl2N4OS. The van der Waals surface area contributed by atoms with Crippen LogP contribution in [0.4, 0.5) is 0 Å². The summed E-state index contributed by atoms with van der Waals surface area (Å²) < 4.78 is 0. The van der Waals surface area contributed by atoms with Crippen molar-refractivity contribution in [3.05, 3.63) is 40.4 Å². The molecule has 0 saturated carbocycles. The highest BCUT2D eigenvalue weighted by Crippen LogP contribution is 2.29. The lowest BCUT2D eigenvalue weighted by Gasteiger charge is -2.15. The summed E-state index contributed by atoms with van der Waals surface area (Å²) in [5.74, 6) is 0.902. The van der Waals surface area contributed by atoms with Gasteiger partial charge in [0.25, 0.3) is 0 Å². The molecule has 0 atom stereocenters. The Morgan fingerprint density at radius 2 is 2.25 bits per heavy atom. The van der Waals surface area contributed by atoms with E-state index in [9.17, 15) is 4.79 Å². The Labute approximate surface area is 130 Å². The Morgan fingerprint density at radius 3 is 2.95 bits per heavy atom. The van der Waals surface area contributed by atoms with Crippen LogP contribution in [-0.2, 0) is 11.3 Å². The van der Waals surface area contributed by atoms with E-state index in [2.05, 4.69) is 15.2 Å². The van der Waals surface area contributed by atoms with Gasteiger partial charge in [0.15, 0.2) is 0 Å². The number of nitrogens with zero attached hydrogens (tertiary/aromatic N) is 3. The van der Waals surface area contributed by atoms with Crippen molar-refractivity contribution in [1.82, 2.24) is 20.1 Å². The summed E-state index contributed by atoms with van der Waals surface area (Å²) in [4.78, 5) is 18.4. The zero-order chi connectivity index (χ0) is 14.5. The van der Waals surface area contributed by atoms with E-state index in [1.165, 1.54) is 18.1 Å². The van der Waals surface area contributed by atoms with E-state index in [0.717, 1.165) is 4.90 Å². The number of H-pyrrole nitrogens is 1. The van der Waals surface area contributed by atoms with E-state index in [1.54, 1.807) is 30.1 Å². The van der Waals surface area contributed by atoms with Gasteiger partial charge in [0.05, 0.1) is 17.3 Å². The molecule has 106 valence electrons. The summed E-state index contributed by atoms with van der Waals surface area (Å²) in [5.41, 5.74) is 0. The van der Waals surface area contributed by atoms with E-state index in [-0.39, 0.29) is 11.7 Å². The summed E-state index contributed by atoms with van der Waals surface area (Å²) in [6, 6.07) is 5.18. The predicted molar refractivity (Wildman–Crippen MR) is 80.0 cm³/mol. The molecule has 20 heavy (non-hydrogen) atoms. The fourth-order valence-corrected chi connectivity index (χ4v) is 2.89. The monoisotopic (exact) mass is 330 g/mol. The lowest BCUT2D eigenvalue weighted by atomic mass is 10.4. The quantitative estimate of drug-likeness (QED) is 0.856. The topological polar surface area (TPSA) is 61.9 Å². The molecule has 1 N–H and O–H groups in total. The van der Waals surface area contributed by atoms with Crippen LogP contribution in [-0.4, -0.2) is 38.8 Å². The van der Waals surface area contributed by atoms with Crippen molar-refractivity contribution in [3.8, 4) is 0 Å². The Bertz CT molecular complexity index is 591. The van der Waals surface area contributed by atoms with E-state index in [0.29, 0.717) is 22.4 Å². The van der Waals surface area contributed by atoms with Crippen molar-refractivity contribution < 1.29 is 4.79 Å². The van der Waals surface area contributed by atoms with Crippen molar-refractivity contribution in [2.75, 3.05) is 12.8 Å². The van der Waals surface area contributed by atoms with Crippen molar-refractivity contribution in [1.29, 1.82) is 0 Å². The maximum atomic E-state index is 12.0. The first-order valence-electron chi connectivity index (χ1n) is 5.72. The smallest absolute Gasteiger partial charge is 0.233 e. The minimum Gasteiger partial charge on any atom is -0.338 e. The fourth-order valence-electron chi connectivity index (χ4n) is 1.46. The van der Waals surface area contributed by atoms with Gasteiger partial charge in [0, 0.05) is 17.0 Å². The van der Waals surface area contributed by atoms with Gasteiger partial charge in [-0.2, -0.15) is 5.10 Å². The number of nitrogens with one attached hydrogen (secondary N) is 1. The van der Waals surface area contributed by atoms with Crippen LogP contribution in [0.1, 0.15) is 5.82 Å². The van der Waals surface area contributed by atoms with Crippen LogP contribution in [0.15, 0.2) is 29.4 Å². The fraction of sp³-hybridized carbons (Fsp3) is 0.250. The number of halogens is 2. The maximum absolute atomic E-state index is 12.0. The van der Waals surface area contributed by atoms with Crippen LogP contribution in [0.5, 0.6) is 0 Å². The van der Waals surface area contributed by atoms with Crippen LogP contribution in [0.3, 0.4) is 0 Å². The average Bonchev–Trinajstić information content (AvgIpc) is 2.92. The van der Waals surface area contributed by atoms with Gasteiger partial charge >= 0.3 is 0 Å². The zero-order valence-electron chi connectivity index (χ0n) is 10.6. The summed E-state index contributed by atoms with van der Waals surface area (Å²) in [7, 11) is 1.71. The molecule has 0 spiro atoms. The number of rotatable bonds is 5. The Hall–Kier alpha value is -1.24. The zero-order valence-corrected chi connectivity index (χ0v) is 13.0. The molecule has 1 aromatic carbocycles. The van der Waals surface area contributed by atoms with Gasteiger partial charge in [-0.15, -0.1) is 11.8 Å². The highest BCUT2D eigenvalue weighted by molar-refractivity contribution is 8.00. The summed E-state index contributed by atoms with van der Waals surface area (Å²) in [5, 5.41) is 7.64. The van der Waals surface area contributed by atoms with Gasteiger partial charge in [0.1, 0.15) is 12.2 Å². The third-order valence-electron chi connectivity index (χ3n) is 2.52. The molecule has 1 heterocycles. The molecule has 0 unspecified atom stereocenters. The summed E-state index contributed by atoms with van der Waals surface area (Å²) in [6.07, 6.45) is 1.41. The van der Waals surface area contributed by atoms with Crippen LogP contribution in [0.25, 0.3) is 0 Å². The molecule has 5 nitrogen and oxygen atoms in total. The van der Waals surface area contributed by atoms with Gasteiger partial charge in [-0.3, -0.25) is 9.89 Å². The molecule has 0 aliphatic heterocycles. The number of amides is 1. The van der Waals surface area contributed by atoms with Crippen molar-refractivity contribution in [2.45, 2.75) is 11.4 Å². The van der Waals surface area contributed by atoms with Crippen LogP contribution in [0, 0.1) is 0 Å². The lowest BCUT2D eigenvalue weighted by Crippen LogP contribution is -2.28. The number of carbonyl (C=O) groups excluding carboxylic acids is 1. The van der Waals surface area contributed by atoms with Crippen molar-refractivity contribution in [2.24, 2.45) is 0 Å². The third-order valence-corrected chi connectivity index (χ3v) is 4.24. The standard InChI is InChI=1S/C12H12Cl2N4OS/c1-18(5-11-15-7-16-17-11)12(19)6-20-10-4-8(13)2-3-9(10)14/h2-4,7H,5-6H2,1H3,(H,15,16,17). The second-order valence-corrected chi connectivity index (χ2v) is 5.91. The number of aromatic nitrogens is 3. The molecule has 0 saturated heterocycles. The Balaban J connectivity index is 1.89. The normalized spacial score (nSPS) is 10.6. The molecule has 0 bridgehead atoms. The highest BCUT2D eigenvalue weighted by atomic mass is 35.5. The van der Waals surface area contributed by atoms with E-state index < -0.39 is 0 Å². The number of benzene rings is 1. The molecule has 0 aliphatic carbocycles. The number of hydrogen-bond donors (Lipinski definition) is 1.